The molecule has 0 saturated heterocycles. The molecule has 1 rings (SSSR count). The van der Waals surface area contributed by atoms with Crippen molar-refractivity contribution < 1.29 is 9.18 Å². The van der Waals surface area contributed by atoms with Crippen molar-refractivity contribution in [3.8, 4) is 0 Å². The van der Waals surface area contributed by atoms with E-state index in [9.17, 15) is 9.18 Å². The molecule has 1 aromatic rings. The van der Waals surface area contributed by atoms with E-state index in [1.807, 2.05) is 19.9 Å². The number of benzene rings is 1. The van der Waals surface area contributed by atoms with E-state index in [0.717, 1.165) is 5.56 Å². The number of carbonyl (C=O) groups excluding carboxylic acids is 1. The van der Waals surface area contributed by atoms with Gasteiger partial charge in [-0.1, -0.05) is 26.0 Å². The SMILES string of the molecule is CC(C)C(N)C(=O)NCCc1cccc(F)c1.Cl. The molecule has 0 aliphatic heterocycles. The fourth-order valence-corrected chi connectivity index (χ4v) is 1.44. The van der Waals surface area contributed by atoms with Crippen LogP contribution >= 0.6 is 12.4 Å². The molecule has 0 spiro atoms. The lowest BCUT2D eigenvalue weighted by molar-refractivity contribution is -0.123. The second-order valence-corrected chi connectivity index (χ2v) is 4.44. The van der Waals surface area contributed by atoms with E-state index < -0.39 is 6.04 Å². The molecule has 0 aromatic heterocycles. The van der Waals surface area contributed by atoms with Gasteiger partial charge in [0.05, 0.1) is 6.04 Å². The number of rotatable bonds is 5. The topological polar surface area (TPSA) is 55.1 Å². The highest BCUT2D eigenvalue weighted by atomic mass is 35.5. The number of hydrogen-bond donors (Lipinski definition) is 2. The molecule has 0 fully saturated rings. The number of nitrogens with one attached hydrogen (secondary N) is 1. The summed E-state index contributed by atoms with van der Waals surface area (Å²) in [5, 5.41) is 2.75. The Kier molecular flexibility index (Phi) is 7.55. The molecule has 1 atom stereocenters. The summed E-state index contributed by atoms with van der Waals surface area (Å²) in [4.78, 5) is 11.5. The first-order valence-corrected chi connectivity index (χ1v) is 5.78. The molecule has 0 heterocycles. The van der Waals surface area contributed by atoms with Crippen LogP contribution in [0.3, 0.4) is 0 Å². The van der Waals surface area contributed by atoms with Gasteiger partial charge in [-0.25, -0.2) is 4.39 Å². The Bertz CT molecular complexity index is 385. The molecule has 0 aliphatic rings. The van der Waals surface area contributed by atoms with Gasteiger partial charge in [-0.15, -0.1) is 12.4 Å². The van der Waals surface area contributed by atoms with E-state index in [1.54, 1.807) is 6.07 Å². The predicted molar refractivity (Wildman–Crippen MR) is 73.2 cm³/mol. The second kappa shape index (κ2) is 8.06. The Morgan fingerprint density at radius 3 is 2.67 bits per heavy atom. The van der Waals surface area contributed by atoms with E-state index in [-0.39, 0.29) is 30.0 Å². The molecule has 0 radical (unpaired) electrons. The molecule has 5 heteroatoms. The molecule has 3 nitrogen and oxygen atoms in total. The highest BCUT2D eigenvalue weighted by Gasteiger charge is 2.16. The maximum atomic E-state index is 12.9. The van der Waals surface area contributed by atoms with Crippen LogP contribution in [0.1, 0.15) is 19.4 Å². The van der Waals surface area contributed by atoms with Gasteiger partial charge in [0.15, 0.2) is 0 Å². The van der Waals surface area contributed by atoms with Crippen LogP contribution < -0.4 is 11.1 Å². The van der Waals surface area contributed by atoms with Gasteiger partial charge in [0.1, 0.15) is 5.82 Å². The molecule has 102 valence electrons. The van der Waals surface area contributed by atoms with Gasteiger partial charge in [-0.3, -0.25) is 4.79 Å². The standard InChI is InChI=1S/C13H19FN2O.ClH/c1-9(2)12(15)13(17)16-7-6-10-4-3-5-11(14)8-10;/h3-5,8-9,12H,6-7,15H2,1-2H3,(H,16,17);1H. The quantitative estimate of drug-likeness (QED) is 0.862. The van der Waals surface area contributed by atoms with E-state index in [2.05, 4.69) is 5.32 Å². The first-order chi connectivity index (χ1) is 8.00. The smallest absolute Gasteiger partial charge is 0.237 e. The first kappa shape index (κ1) is 16.9. The van der Waals surface area contributed by atoms with E-state index in [0.29, 0.717) is 13.0 Å². The summed E-state index contributed by atoms with van der Waals surface area (Å²) >= 11 is 0. The van der Waals surface area contributed by atoms with Crippen LogP contribution in [0, 0.1) is 11.7 Å². The number of carbonyl (C=O) groups is 1. The van der Waals surface area contributed by atoms with Crippen LogP contribution in [-0.2, 0) is 11.2 Å². The normalized spacial score (nSPS) is 11.8. The van der Waals surface area contributed by atoms with Crippen molar-refractivity contribution in [2.24, 2.45) is 11.7 Å². The van der Waals surface area contributed by atoms with Crippen molar-refractivity contribution in [3.05, 3.63) is 35.6 Å². The molecule has 0 bridgehead atoms. The third kappa shape index (κ3) is 5.47. The maximum absolute atomic E-state index is 12.9. The van der Waals surface area contributed by atoms with Crippen molar-refractivity contribution in [2.45, 2.75) is 26.3 Å². The zero-order valence-corrected chi connectivity index (χ0v) is 11.5. The number of hydrogen-bond acceptors (Lipinski definition) is 2. The van der Waals surface area contributed by atoms with Crippen molar-refractivity contribution >= 4 is 18.3 Å². The predicted octanol–water partition coefficient (Wildman–Crippen LogP) is 1.89. The Balaban J connectivity index is 0.00000289. The molecule has 18 heavy (non-hydrogen) atoms. The zero-order chi connectivity index (χ0) is 12.8. The molecule has 0 saturated carbocycles. The fraction of sp³-hybridized carbons (Fsp3) is 0.462. The Morgan fingerprint density at radius 1 is 1.44 bits per heavy atom. The lowest BCUT2D eigenvalue weighted by Gasteiger charge is -2.15. The summed E-state index contributed by atoms with van der Waals surface area (Å²) in [5.74, 6) is -0.298. The van der Waals surface area contributed by atoms with Gasteiger partial charge in [0, 0.05) is 6.54 Å². The summed E-state index contributed by atoms with van der Waals surface area (Å²) in [6, 6.07) is 5.87. The zero-order valence-electron chi connectivity index (χ0n) is 10.7. The summed E-state index contributed by atoms with van der Waals surface area (Å²) in [6.07, 6.45) is 0.605. The monoisotopic (exact) mass is 274 g/mol. The average Bonchev–Trinajstić information content (AvgIpc) is 2.27. The van der Waals surface area contributed by atoms with Crippen molar-refractivity contribution in [1.82, 2.24) is 5.32 Å². The minimum absolute atomic E-state index is 0. The molecule has 1 aromatic carbocycles. The highest BCUT2D eigenvalue weighted by Crippen LogP contribution is 2.04. The average molecular weight is 275 g/mol. The Hall–Kier alpha value is -1.13. The summed E-state index contributed by atoms with van der Waals surface area (Å²) < 4.78 is 12.9. The summed E-state index contributed by atoms with van der Waals surface area (Å²) in [6.45, 7) is 4.27. The molecule has 1 unspecified atom stereocenters. The second-order valence-electron chi connectivity index (χ2n) is 4.44. The number of amides is 1. The van der Waals surface area contributed by atoms with Crippen molar-refractivity contribution in [3.63, 3.8) is 0 Å². The Morgan fingerprint density at radius 2 is 2.11 bits per heavy atom. The lowest BCUT2D eigenvalue weighted by Crippen LogP contribution is -2.44. The van der Waals surface area contributed by atoms with Crippen LogP contribution in [-0.4, -0.2) is 18.5 Å². The van der Waals surface area contributed by atoms with Crippen molar-refractivity contribution in [2.75, 3.05) is 6.54 Å². The largest absolute Gasteiger partial charge is 0.354 e. The minimum Gasteiger partial charge on any atom is -0.354 e. The van der Waals surface area contributed by atoms with Gasteiger partial charge in [-0.05, 0) is 30.0 Å². The summed E-state index contributed by atoms with van der Waals surface area (Å²) in [5.41, 5.74) is 6.56. The van der Waals surface area contributed by atoms with E-state index in [1.165, 1.54) is 12.1 Å². The van der Waals surface area contributed by atoms with Gasteiger partial charge >= 0.3 is 0 Å². The molecular weight excluding hydrogens is 255 g/mol. The third-order valence-corrected chi connectivity index (χ3v) is 2.62. The van der Waals surface area contributed by atoms with Crippen LogP contribution in [0.25, 0.3) is 0 Å². The molecule has 0 aliphatic carbocycles. The lowest BCUT2D eigenvalue weighted by atomic mass is 10.0. The molecular formula is C13H20ClFN2O. The third-order valence-electron chi connectivity index (χ3n) is 2.62. The van der Waals surface area contributed by atoms with Gasteiger partial charge in [0.2, 0.25) is 5.91 Å². The van der Waals surface area contributed by atoms with Crippen LogP contribution in [0.15, 0.2) is 24.3 Å². The molecule has 1 amide bonds. The van der Waals surface area contributed by atoms with Gasteiger partial charge in [-0.2, -0.15) is 0 Å². The van der Waals surface area contributed by atoms with Crippen LogP contribution in [0.5, 0.6) is 0 Å². The highest BCUT2D eigenvalue weighted by molar-refractivity contribution is 5.85. The summed E-state index contributed by atoms with van der Waals surface area (Å²) in [7, 11) is 0. The molecule has 3 N–H and O–H groups in total. The Labute approximate surface area is 113 Å². The fourth-order valence-electron chi connectivity index (χ4n) is 1.44. The number of halogens is 2. The minimum atomic E-state index is -0.484. The van der Waals surface area contributed by atoms with Gasteiger partial charge in [0.25, 0.3) is 0 Å². The van der Waals surface area contributed by atoms with Gasteiger partial charge < -0.3 is 11.1 Å². The van der Waals surface area contributed by atoms with Crippen LogP contribution in [0.2, 0.25) is 0 Å². The van der Waals surface area contributed by atoms with Crippen molar-refractivity contribution in [1.29, 1.82) is 0 Å². The first-order valence-electron chi connectivity index (χ1n) is 5.78. The number of nitrogens with two attached hydrogens (primary N) is 1. The van der Waals surface area contributed by atoms with E-state index in [4.69, 9.17) is 5.73 Å². The maximum Gasteiger partial charge on any atom is 0.237 e. The van der Waals surface area contributed by atoms with E-state index >= 15 is 0 Å². The van der Waals surface area contributed by atoms with Crippen LogP contribution in [0.4, 0.5) is 4.39 Å².